The van der Waals surface area contributed by atoms with Crippen LogP contribution in [-0.2, 0) is 0 Å². The molecule has 0 aliphatic carbocycles. The predicted molar refractivity (Wildman–Crippen MR) is 202 cm³/mol. The summed E-state index contributed by atoms with van der Waals surface area (Å²) in [6.07, 6.45) is 0. The molecule has 2 heteroatoms. The van der Waals surface area contributed by atoms with E-state index in [1.165, 1.54) is 38.8 Å². The van der Waals surface area contributed by atoms with E-state index in [-0.39, 0.29) is 0 Å². The summed E-state index contributed by atoms with van der Waals surface area (Å²) in [7, 11) is 0. The van der Waals surface area contributed by atoms with Gasteiger partial charge in [-0.3, -0.25) is 0 Å². The minimum Gasteiger partial charge on any atom is -0.455 e. The lowest BCUT2D eigenvalue weighted by molar-refractivity contribution is 0.672. The summed E-state index contributed by atoms with van der Waals surface area (Å²) >= 11 is 0. The largest absolute Gasteiger partial charge is 0.455 e. The van der Waals surface area contributed by atoms with Gasteiger partial charge in [0.1, 0.15) is 11.2 Å². The molecule has 48 heavy (non-hydrogen) atoms. The molecule has 1 aromatic heterocycles. The van der Waals surface area contributed by atoms with Crippen LogP contribution in [0, 0.1) is 0 Å². The van der Waals surface area contributed by atoms with Gasteiger partial charge in [-0.05, 0) is 81.2 Å². The van der Waals surface area contributed by atoms with Gasteiger partial charge in [-0.25, -0.2) is 0 Å². The van der Waals surface area contributed by atoms with Gasteiger partial charge in [-0.1, -0.05) is 146 Å². The smallest absolute Gasteiger partial charge is 0.143 e. The third-order valence-corrected chi connectivity index (χ3v) is 9.29. The zero-order valence-electron chi connectivity index (χ0n) is 26.3. The van der Waals surface area contributed by atoms with Crippen LogP contribution < -0.4 is 4.90 Å². The first kappa shape index (κ1) is 27.9. The van der Waals surface area contributed by atoms with E-state index in [1.807, 2.05) is 0 Å². The zero-order valence-corrected chi connectivity index (χ0v) is 26.3. The monoisotopic (exact) mass is 613 g/mol. The molecule has 0 radical (unpaired) electrons. The van der Waals surface area contributed by atoms with Crippen LogP contribution in [0.25, 0.3) is 66.1 Å². The number of rotatable bonds is 6. The number of fused-ring (bicyclic) bond motifs is 5. The fraction of sp³-hybridized carbons (Fsp3) is 0. The maximum atomic E-state index is 6.60. The third kappa shape index (κ3) is 4.92. The molecule has 0 aliphatic heterocycles. The second kappa shape index (κ2) is 11.8. The zero-order chi connectivity index (χ0) is 31.9. The molecular formula is C46H31NO. The van der Waals surface area contributed by atoms with Crippen molar-refractivity contribution in [2.24, 2.45) is 0 Å². The summed E-state index contributed by atoms with van der Waals surface area (Å²) in [5.74, 6) is 0. The minimum absolute atomic E-state index is 0.875. The minimum atomic E-state index is 0.875. The van der Waals surface area contributed by atoms with E-state index in [4.69, 9.17) is 4.42 Å². The first-order chi connectivity index (χ1) is 23.8. The Bertz CT molecular complexity index is 2510. The fourth-order valence-electron chi connectivity index (χ4n) is 6.87. The van der Waals surface area contributed by atoms with Gasteiger partial charge in [0.25, 0.3) is 0 Å². The van der Waals surface area contributed by atoms with Crippen LogP contribution >= 0.6 is 0 Å². The maximum absolute atomic E-state index is 6.60. The topological polar surface area (TPSA) is 16.4 Å². The van der Waals surface area contributed by atoms with E-state index in [0.717, 1.165) is 44.4 Å². The number of anilines is 3. The van der Waals surface area contributed by atoms with Crippen molar-refractivity contribution in [3.63, 3.8) is 0 Å². The van der Waals surface area contributed by atoms with Gasteiger partial charge < -0.3 is 9.32 Å². The average Bonchev–Trinajstić information content (AvgIpc) is 3.57. The predicted octanol–water partition coefficient (Wildman–Crippen LogP) is 13.2. The van der Waals surface area contributed by atoms with E-state index in [9.17, 15) is 0 Å². The van der Waals surface area contributed by atoms with Crippen molar-refractivity contribution in [3.05, 3.63) is 188 Å². The summed E-state index contributed by atoms with van der Waals surface area (Å²) in [4.78, 5) is 2.35. The van der Waals surface area contributed by atoms with Crippen molar-refractivity contribution >= 4 is 49.8 Å². The molecule has 0 bridgehead atoms. The highest BCUT2D eigenvalue weighted by Crippen LogP contribution is 2.44. The van der Waals surface area contributed by atoms with Crippen LogP contribution in [0.5, 0.6) is 0 Å². The Hall–Kier alpha value is -6.38. The summed E-state index contributed by atoms with van der Waals surface area (Å²) in [6, 6.07) is 66.8. The van der Waals surface area contributed by atoms with Crippen molar-refractivity contribution in [2.75, 3.05) is 4.90 Å². The quantitative estimate of drug-likeness (QED) is 0.185. The van der Waals surface area contributed by atoms with Gasteiger partial charge in [-0.15, -0.1) is 0 Å². The van der Waals surface area contributed by atoms with Crippen LogP contribution in [-0.4, -0.2) is 0 Å². The lowest BCUT2D eigenvalue weighted by atomic mass is 9.99. The van der Waals surface area contributed by atoms with Crippen LogP contribution in [0.2, 0.25) is 0 Å². The van der Waals surface area contributed by atoms with Crippen molar-refractivity contribution in [1.29, 1.82) is 0 Å². The number of hydrogen-bond acceptors (Lipinski definition) is 2. The maximum Gasteiger partial charge on any atom is 0.143 e. The van der Waals surface area contributed by atoms with Gasteiger partial charge in [0, 0.05) is 22.1 Å². The molecule has 0 atom stereocenters. The van der Waals surface area contributed by atoms with Crippen LogP contribution in [0.3, 0.4) is 0 Å². The lowest BCUT2D eigenvalue weighted by Crippen LogP contribution is -2.10. The fourth-order valence-corrected chi connectivity index (χ4v) is 6.87. The molecule has 226 valence electrons. The molecule has 0 fully saturated rings. The Morgan fingerprint density at radius 2 is 0.812 bits per heavy atom. The molecule has 9 rings (SSSR count). The highest BCUT2D eigenvalue weighted by atomic mass is 16.3. The normalized spacial score (nSPS) is 11.3. The molecule has 8 aromatic carbocycles. The Labute approximate surface area is 279 Å². The van der Waals surface area contributed by atoms with Gasteiger partial charge in [-0.2, -0.15) is 0 Å². The molecule has 0 spiro atoms. The van der Waals surface area contributed by atoms with E-state index in [1.54, 1.807) is 0 Å². The molecule has 0 unspecified atom stereocenters. The molecule has 0 saturated heterocycles. The first-order valence-corrected chi connectivity index (χ1v) is 16.3. The van der Waals surface area contributed by atoms with Crippen LogP contribution in [0.15, 0.2) is 192 Å². The third-order valence-electron chi connectivity index (χ3n) is 9.29. The molecule has 1 heterocycles. The van der Waals surface area contributed by atoms with Gasteiger partial charge >= 0.3 is 0 Å². The second-order valence-electron chi connectivity index (χ2n) is 12.2. The molecular weight excluding hydrogens is 583 g/mol. The van der Waals surface area contributed by atoms with Crippen LogP contribution in [0.1, 0.15) is 0 Å². The molecule has 0 aliphatic rings. The van der Waals surface area contributed by atoms with Gasteiger partial charge in [0.05, 0.1) is 11.1 Å². The lowest BCUT2D eigenvalue weighted by Gasteiger charge is -2.26. The standard InChI is InChI=1S/C46H31NO/c1-3-10-32(11-4-1)34-18-20-35(21-19-34)37-24-29-40(30-25-37)47(39-27-22-36(23-28-39)33-12-5-2-6-13-33)43-16-9-17-44-45(43)42-31-26-38-14-7-8-15-41(38)46(42)48-44/h1-31H. The Balaban J connectivity index is 1.17. The van der Waals surface area contributed by atoms with Crippen molar-refractivity contribution in [2.45, 2.75) is 0 Å². The van der Waals surface area contributed by atoms with Gasteiger partial charge in [0.15, 0.2) is 0 Å². The van der Waals surface area contributed by atoms with E-state index < -0.39 is 0 Å². The van der Waals surface area contributed by atoms with Crippen molar-refractivity contribution in [1.82, 2.24) is 0 Å². The Morgan fingerprint density at radius 1 is 0.333 bits per heavy atom. The number of hydrogen-bond donors (Lipinski definition) is 0. The van der Waals surface area contributed by atoms with Crippen LogP contribution in [0.4, 0.5) is 17.1 Å². The molecule has 0 saturated carbocycles. The summed E-state index contributed by atoms with van der Waals surface area (Å²) in [5.41, 5.74) is 12.2. The Morgan fingerprint density at radius 3 is 1.38 bits per heavy atom. The summed E-state index contributed by atoms with van der Waals surface area (Å²) < 4.78 is 6.60. The van der Waals surface area contributed by atoms with Gasteiger partial charge in [0.2, 0.25) is 0 Å². The highest BCUT2D eigenvalue weighted by molar-refractivity contribution is 6.19. The SMILES string of the molecule is c1ccc(-c2ccc(-c3ccc(N(c4ccc(-c5ccccc5)cc4)c4cccc5oc6c7ccccc7ccc6c45)cc3)cc2)cc1. The number of furan rings is 1. The molecule has 0 amide bonds. The number of benzene rings is 8. The second-order valence-corrected chi connectivity index (χ2v) is 12.2. The molecule has 9 aromatic rings. The molecule has 2 nitrogen and oxygen atoms in total. The summed E-state index contributed by atoms with van der Waals surface area (Å²) in [5, 5.41) is 4.51. The van der Waals surface area contributed by atoms with E-state index in [0.29, 0.717) is 0 Å². The summed E-state index contributed by atoms with van der Waals surface area (Å²) in [6.45, 7) is 0. The van der Waals surface area contributed by atoms with E-state index in [2.05, 4.69) is 193 Å². The first-order valence-electron chi connectivity index (χ1n) is 16.3. The molecule has 0 N–H and O–H groups in total. The average molecular weight is 614 g/mol. The highest BCUT2D eigenvalue weighted by Gasteiger charge is 2.20. The van der Waals surface area contributed by atoms with Crippen molar-refractivity contribution in [3.8, 4) is 33.4 Å². The van der Waals surface area contributed by atoms with E-state index >= 15 is 0 Å². The Kier molecular flexibility index (Phi) is 6.84. The van der Waals surface area contributed by atoms with Crippen molar-refractivity contribution < 1.29 is 4.42 Å². The number of nitrogens with zero attached hydrogens (tertiary/aromatic N) is 1.